The third-order valence-electron chi connectivity index (χ3n) is 4.12. The highest BCUT2D eigenvalue weighted by atomic mass is 32.1. The summed E-state index contributed by atoms with van der Waals surface area (Å²) < 4.78 is 5.70. The molecule has 4 aromatic rings. The standard InChI is InChI=1S/C22H17N3O3S/c26-21-19(24-22(27)20(25-21)12-18-7-4-10-29-18)11-16-8-9-17(13-23-16)28-14-15-5-2-1-3-6-15/h1-13H,14H2,(H,24,27)(H,25,26)/b19-11+,20-12+. The van der Waals surface area contributed by atoms with Crippen LogP contribution in [0.2, 0.25) is 0 Å². The van der Waals surface area contributed by atoms with E-state index in [1.807, 2.05) is 47.8 Å². The molecule has 0 aliphatic heterocycles. The lowest BCUT2D eigenvalue weighted by atomic mass is 10.2. The number of nitrogens with zero attached hydrogens (tertiary/aromatic N) is 1. The van der Waals surface area contributed by atoms with Crippen LogP contribution in [-0.4, -0.2) is 15.0 Å². The van der Waals surface area contributed by atoms with E-state index in [9.17, 15) is 9.59 Å². The lowest BCUT2D eigenvalue weighted by molar-refractivity contribution is 0.305. The van der Waals surface area contributed by atoms with E-state index < -0.39 is 5.56 Å². The minimum atomic E-state index is -0.390. The van der Waals surface area contributed by atoms with Crippen LogP contribution in [0.4, 0.5) is 0 Å². The molecular weight excluding hydrogens is 386 g/mol. The van der Waals surface area contributed by atoms with E-state index in [-0.39, 0.29) is 16.3 Å². The fourth-order valence-electron chi connectivity index (χ4n) is 2.66. The Morgan fingerprint density at radius 1 is 0.897 bits per heavy atom. The average molecular weight is 403 g/mol. The Morgan fingerprint density at radius 2 is 1.66 bits per heavy atom. The summed E-state index contributed by atoms with van der Waals surface area (Å²) >= 11 is 1.48. The van der Waals surface area contributed by atoms with Gasteiger partial charge in [-0.2, -0.15) is 0 Å². The van der Waals surface area contributed by atoms with Crippen molar-refractivity contribution in [1.29, 1.82) is 0 Å². The average Bonchev–Trinajstić information content (AvgIpc) is 3.25. The number of pyridine rings is 1. The minimum absolute atomic E-state index is 0.142. The summed E-state index contributed by atoms with van der Waals surface area (Å²) in [5.41, 5.74) is 0.838. The largest absolute Gasteiger partial charge is 0.487 e. The van der Waals surface area contributed by atoms with Crippen molar-refractivity contribution < 1.29 is 4.74 Å². The highest BCUT2D eigenvalue weighted by Gasteiger charge is 2.00. The summed E-state index contributed by atoms with van der Waals surface area (Å²) in [5, 5.41) is 2.26. The first kappa shape index (κ1) is 18.6. The first-order chi connectivity index (χ1) is 14.2. The van der Waals surface area contributed by atoms with Gasteiger partial charge in [0.2, 0.25) is 0 Å². The van der Waals surface area contributed by atoms with Crippen molar-refractivity contribution in [1.82, 2.24) is 15.0 Å². The second-order valence-electron chi connectivity index (χ2n) is 6.23. The number of benzene rings is 1. The van der Waals surface area contributed by atoms with Crippen LogP contribution >= 0.6 is 11.3 Å². The van der Waals surface area contributed by atoms with Crippen LogP contribution in [0.15, 0.2) is 75.8 Å². The highest BCUT2D eigenvalue weighted by molar-refractivity contribution is 7.10. The molecule has 3 heterocycles. The minimum Gasteiger partial charge on any atom is -0.487 e. The number of aromatic nitrogens is 3. The molecule has 6 nitrogen and oxygen atoms in total. The zero-order valence-corrected chi connectivity index (χ0v) is 16.1. The van der Waals surface area contributed by atoms with Crippen molar-refractivity contribution in [2.24, 2.45) is 0 Å². The van der Waals surface area contributed by atoms with Gasteiger partial charge in [-0.1, -0.05) is 36.4 Å². The molecule has 3 aromatic heterocycles. The SMILES string of the molecule is O=c1[nH]/c(=C/c2cccs2)c(=O)[nH]/c1=C/c1ccc(OCc2ccccc2)cn1. The predicted octanol–water partition coefficient (Wildman–Crippen LogP) is 1.76. The third-order valence-corrected chi connectivity index (χ3v) is 4.93. The number of hydrogen-bond donors (Lipinski definition) is 2. The van der Waals surface area contributed by atoms with E-state index in [1.165, 1.54) is 17.4 Å². The lowest BCUT2D eigenvalue weighted by Crippen LogP contribution is -2.46. The maximum absolute atomic E-state index is 12.3. The van der Waals surface area contributed by atoms with Gasteiger partial charge in [0.15, 0.2) is 0 Å². The van der Waals surface area contributed by atoms with Gasteiger partial charge in [0.1, 0.15) is 23.1 Å². The number of hydrogen-bond acceptors (Lipinski definition) is 5. The van der Waals surface area contributed by atoms with Crippen LogP contribution in [0.1, 0.15) is 16.1 Å². The molecule has 29 heavy (non-hydrogen) atoms. The summed E-state index contributed by atoms with van der Waals surface area (Å²) in [5.74, 6) is 0.620. The van der Waals surface area contributed by atoms with Crippen molar-refractivity contribution in [2.45, 2.75) is 6.61 Å². The molecule has 2 N–H and O–H groups in total. The Labute approximate surface area is 169 Å². The molecule has 0 atom stereocenters. The van der Waals surface area contributed by atoms with Crippen molar-refractivity contribution >= 4 is 23.5 Å². The molecule has 0 bridgehead atoms. The lowest BCUT2D eigenvalue weighted by Gasteiger charge is -2.05. The Hall–Kier alpha value is -3.71. The van der Waals surface area contributed by atoms with Gasteiger partial charge in [0.25, 0.3) is 11.1 Å². The molecular formula is C22H17N3O3S. The molecule has 144 valence electrons. The molecule has 0 unspecified atom stereocenters. The Morgan fingerprint density at radius 3 is 2.31 bits per heavy atom. The Bertz CT molecular complexity index is 1320. The third kappa shape index (κ3) is 4.77. The van der Waals surface area contributed by atoms with Crippen LogP contribution in [-0.2, 0) is 6.61 Å². The first-order valence-corrected chi connectivity index (χ1v) is 9.78. The summed E-state index contributed by atoms with van der Waals surface area (Å²) in [6.45, 7) is 0.445. The maximum Gasteiger partial charge on any atom is 0.272 e. The van der Waals surface area contributed by atoms with Crippen molar-refractivity contribution in [3.8, 4) is 5.75 Å². The smallest absolute Gasteiger partial charge is 0.272 e. The molecule has 1 aromatic carbocycles. The molecule has 0 aliphatic rings. The predicted molar refractivity (Wildman–Crippen MR) is 113 cm³/mol. The van der Waals surface area contributed by atoms with Crippen LogP contribution in [0, 0.1) is 0 Å². The van der Waals surface area contributed by atoms with Gasteiger partial charge in [0, 0.05) is 4.88 Å². The quantitative estimate of drug-likeness (QED) is 0.532. The number of thiophene rings is 1. The van der Waals surface area contributed by atoms with Crippen molar-refractivity contribution in [3.63, 3.8) is 0 Å². The van der Waals surface area contributed by atoms with Gasteiger partial charge in [-0.25, -0.2) is 0 Å². The van der Waals surface area contributed by atoms with E-state index in [4.69, 9.17) is 4.74 Å². The molecule has 0 radical (unpaired) electrons. The fourth-order valence-corrected chi connectivity index (χ4v) is 3.32. The molecule has 0 fully saturated rings. The van der Waals surface area contributed by atoms with Gasteiger partial charge in [0.05, 0.1) is 11.9 Å². The molecule has 4 rings (SSSR count). The van der Waals surface area contributed by atoms with Gasteiger partial charge in [-0.05, 0) is 41.3 Å². The molecule has 0 aliphatic carbocycles. The number of aromatic amines is 2. The second-order valence-corrected chi connectivity index (χ2v) is 7.21. The van der Waals surface area contributed by atoms with Crippen LogP contribution in [0.3, 0.4) is 0 Å². The van der Waals surface area contributed by atoms with Crippen molar-refractivity contribution in [2.75, 3.05) is 0 Å². The number of nitrogens with one attached hydrogen (secondary N) is 2. The van der Waals surface area contributed by atoms with E-state index in [0.717, 1.165) is 10.4 Å². The van der Waals surface area contributed by atoms with Crippen LogP contribution < -0.4 is 26.6 Å². The summed E-state index contributed by atoms with van der Waals surface area (Å²) in [4.78, 5) is 35.0. The zero-order valence-electron chi connectivity index (χ0n) is 15.3. The van der Waals surface area contributed by atoms with Gasteiger partial charge < -0.3 is 14.7 Å². The zero-order chi connectivity index (χ0) is 20.1. The number of H-pyrrole nitrogens is 2. The number of rotatable bonds is 5. The van der Waals surface area contributed by atoms with Gasteiger partial charge in [-0.15, -0.1) is 11.3 Å². The number of ether oxygens (including phenoxy) is 1. The molecule has 0 spiro atoms. The van der Waals surface area contributed by atoms with E-state index in [2.05, 4.69) is 15.0 Å². The van der Waals surface area contributed by atoms with Crippen LogP contribution in [0.5, 0.6) is 5.75 Å². The summed E-state index contributed by atoms with van der Waals surface area (Å²) in [6.07, 6.45) is 4.75. The Balaban J connectivity index is 1.55. The summed E-state index contributed by atoms with van der Waals surface area (Å²) in [6, 6.07) is 17.1. The van der Waals surface area contributed by atoms with Gasteiger partial charge >= 0.3 is 0 Å². The maximum atomic E-state index is 12.3. The Kier molecular flexibility index (Phi) is 5.49. The van der Waals surface area contributed by atoms with Gasteiger partial charge in [-0.3, -0.25) is 14.6 Å². The van der Waals surface area contributed by atoms with E-state index in [0.29, 0.717) is 18.1 Å². The summed E-state index contributed by atoms with van der Waals surface area (Å²) in [7, 11) is 0. The molecule has 7 heteroatoms. The molecule has 0 amide bonds. The van der Waals surface area contributed by atoms with E-state index in [1.54, 1.807) is 24.4 Å². The monoisotopic (exact) mass is 403 g/mol. The topological polar surface area (TPSA) is 87.8 Å². The van der Waals surface area contributed by atoms with Crippen molar-refractivity contribution in [3.05, 3.63) is 114 Å². The first-order valence-electron chi connectivity index (χ1n) is 8.90. The fraction of sp³-hybridized carbons (Fsp3) is 0.0455. The second kappa shape index (κ2) is 8.53. The van der Waals surface area contributed by atoms with E-state index >= 15 is 0 Å². The molecule has 0 saturated heterocycles. The molecule has 0 saturated carbocycles. The normalized spacial score (nSPS) is 12.3. The van der Waals surface area contributed by atoms with Crippen LogP contribution in [0.25, 0.3) is 12.2 Å². The highest BCUT2D eigenvalue weighted by Crippen LogP contribution is 2.12.